The lowest BCUT2D eigenvalue weighted by molar-refractivity contribution is -0.128. The van der Waals surface area contributed by atoms with Crippen LogP contribution < -0.4 is 16.0 Å². The zero-order valence-electron chi connectivity index (χ0n) is 14.9. The van der Waals surface area contributed by atoms with Crippen LogP contribution >= 0.6 is 0 Å². The molecule has 0 unspecified atom stereocenters. The van der Waals surface area contributed by atoms with Crippen molar-refractivity contribution < 1.29 is 19.1 Å². The first-order chi connectivity index (χ1) is 11.2. The van der Waals surface area contributed by atoms with Crippen molar-refractivity contribution in [1.82, 2.24) is 16.0 Å². The zero-order valence-corrected chi connectivity index (χ0v) is 14.9. The van der Waals surface area contributed by atoms with Crippen LogP contribution in [0.4, 0.5) is 4.79 Å². The average molecular weight is 339 g/mol. The minimum Gasteiger partial charge on any atom is -0.444 e. The van der Waals surface area contributed by atoms with Crippen molar-refractivity contribution >= 4 is 17.9 Å². The molecular weight excluding hydrogens is 310 g/mol. The van der Waals surface area contributed by atoms with Gasteiger partial charge in [0.05, 0.1) is 0 Å². The van der Waals surface area contributed by atoms with Crippen LogP contribution in [0.25, 0.3) is 0 Å². The third-order valence-electron chi connectivity index (χ3n) is 4.45. The van der Waals surface area contributed by atoms with Crippen LogP contribution in [0.5, 0.6) is 0 Å². The van der Waals surface area contributed by atoms with E-state index in [2.05, 4.69) is 16.0 Å². The van der Waals surface area contributed by atoms with Crippen molar-refractivity contribution in [3.63, 3.8) is 0 Å². The molecule has 2 rings (SSSR count). The Balaban J connectivity index is 2.01. The second-order valence-electron chi connectivity index (χ2n) is 7.78. The Hall–Kier alpha value is -1.79. The molecule has 1 aliphatic heterocycles. The van der Waals surface area contributed by atoms with Gasteiger partial charge in [0.25, 0.3) is 0 Å². The number of hydrogen-bond acceptors (Lipinski definition) is 4. The second-order valence-corrected chi connectivity index (χ2v) is 7.78. The standard InChI is InChI=1S/C17H29N3O4/c1-16(2,3)24-15(23)20-17(8-4-5-9-17)14(22)19-12-7-6-10-18-13(21)11-12/h12H,4-11H2,1-3H3,(H,18,21)(H,19,22)(H,20,23)/t12-/m0/s1. The first-order valence-corrected chi connectivity index (χ1v) is 8.79. The number of alkyl carbamates (subject to hydrolysis) is 1. The monoisotopic (exact) mass is 339 g/mol. The molecular formula is C17H29N3O4. The highest BCUT2D eigenvalue weighted by molar-refractivity contribution is 5.91. The van der Waals surface area contributed by atoms with E-state index in [4.69, 9.17) is 4.74 Å². The van der Waals surface area contributed by atoms with Gasteiger partial charge in [-0.05, 0) is 46.5 Å². The van der Waals surface area contributed by atoms with Crippen LogP contribution in [-0.2, 0) is 14.3 Å². The Labute approximate surface area is 143 Å². The van der Waals surface area contributed by atoms with Gasteiger partial charge in [0.15, 0.2) is 0 Å². The van der Waals surface area contributed by atoms with Gasteiger partial charge in [-0.3, -0.25) is 9.59 Å². The normalized spacial score (nSPS) is 23.8. The van der Waals surface area contributed by atoms with Crippen LogP contribution in [0, 0.1) is 0 Å². The minimum atomic E-state index is -0.925. The highest BCUT2D eigenvalue weighted by atomic mass is 16.6. The Morgan fingerprint density at radius 3 is 2.50 bits per heavy atom. The molecule has 1 aliphatic carbocycles. The van der Waals surface area contributed by atoms with Gasteiger partial charge < -0.3 is 20.7 Å². The summed E-state index contributed by atoms with van der Waals surface area (Å²) >= 11 is 0. The van der Waals surface area contributed by atoms with E-state index < -0.39 is 17.2 Å². The molecule has 0 bridgehead atoms. The van der Waals surface area contributed by atoms with Gasteiger partial charge in [0.2, 0.25) is 11.8 Å². The van der Waals surface area contributed by atoms with Crippen LogP contribution in [-0.4, -0.2) is 41.6 Å². The van der Waals surface area contributed by atoms with Crippen molar-refractivity contribution in [2.24, 2.45) is 0 Å². The summed E-state index contributed by atoms with van der Waals surface area (Å²) in [7, 11) is 0. The second kappa shape index (κ2) is 7.40. The van der Waals surface area contributed by atoms with Crippen LogP contribution in [0.1, 0.15) is 65.7 Å². The minimum absolute atomic E-state index is 0.0432. The summed E-state index contributed by atoms with van der Waals surface area (Å²) in [6.45, 7) is 6.01. The van der Waals surface area contributed by atoms with E-state index in [1.807, 2.05) is 0 Å². The van der Waals surface area contributed by atoms with Gasteiger partial charge in [0.1, 0.15) is 11.1 Å². The molecule has 0 spiro atoms. The van der Waals surface area contributed by atoms with E-state index in [-0.39, 0.29) is 24.3 Å². The Morgan fingerprint density at radius 1 is 1.21 bits per heavy atom. The first kappa shape index (κ1) is 18.5. The fraction of sp³-hybridized carbons (Fsp3) is 0.824. The predicted molar refractivity (Wildman–Crippen MR) is 89.4 cm³/mol. The lowest BCUT2D eigenvalue weighted by Crippen LogP contribution is -2.59. The van der Waals surface area contributed by atoms with Crippen molar-refractivity contribution in [2.45, 2.75) is 82.9 Å². The summed E-state index contributed by atoms with van der Waals surface area (Å²) in [4.78, 5) is 36.6. The summed E-state index contributed by atoms with van der Waals surface area (Å²) in [6.07, 6.45) is 4.26. The number of amides is 3. The van der Waals surface area contributed by atoms with Crippen LogP contribution in [0.2, 0.25) is 0 Å². The molecule has 0 aromatic carbocycles. The maximum absolute atomic E-state index is 12.8. The number of rotatable bonds is 3. The molecule has 2 fully saturated rings. The molecule has 7 heteroatoms. The van der Waals surface area contributed by atoms with Crippen molar-refractivity contribution in [2.75, 3.05) is 6.54 Å². The van der Waals surface area contributed by atoms with Crippen LogP contribution in [0.15, 0.2) is 0 Å². The zero-order chi connectivity index (χ0) is 17.8. The van der Waals surface area contributed by atoms with E-state index in [9.17, 15) is 14.4 Å². The fourth-order valence-electron chi connectivity index (χ4n) is 3.31. The largest absolute Gasteiger partial charge is 0.444 e. The van der Waals surface area contributed by atoms with Gasteiger partial charge >= 0.3 is 6.09 Å². The number of carbonyl (C=O) groups is 3. The molecule has 3 amide bonds. The summed E-state index contributed by atoms with van der Waals surface area (Å²) in [5, 5.41) is 8.57. The SMILES string of the molecule is CC(C)(C)OC(=O)NC1(C(=O)N[C@H]2CCCNC(=O)C2)CCCC1. The smallest absolute Gasteiger partial charge is 0.408 e. The molecule has 7 nitrogen and oxygen atoms in total. The highest BCUT2D eigenvalue weighted by Gasteiger charge is 2.44. The average Bonchev–Trinajstić information content (AvgIpc) is 2.81. The molecule has 136 valence electrons. The van der Waals surface area contributed by atoms with E-state index >= 15 is 0 Å². The van der Waals surface area contributed by atoms with E-state index in [1.165, 1.54) is 0 Å². The first-order valence-electron chi connectivity index (χ1n) is 8.79. The Kier molecular flexibility index (Phi) is 5.72. The summed E-state index contributed by atoms with van der Waals surface area (Å²) < 4.78 is 5.31. The molecule has 0 aromatic rings. The van der Waals surface area contributed by atoms with Gasteiger partial charge in [-0.15, -0.1) is 0 Å². The van der Waals surface area contributed by atoms with Gasteiger partial charge in [0, 0.05) is 19.0 Å². The molecule has 1 saturated heterocycles. The number of nitrogens with one attached hydrogen (secondary N) is 3. The molecule has 24 heavy (non-hydrogen) atoms. The topological polar surface area (TPSA) is 96.5 Å². The van der Waals surface area contributed by atoms with Crippen molar-refractivity contribution in [3.8, 4) is 0 Å². The van der Waals surface area contributed by atoms with Crippen molar-refractivity contribution in [3.05, 3.63) is 0 Å². The van der Waals surface area contributed by atoms with E-state index in [1.54, 1.807) is 20.8 Å². The molecule has 1 heterocycles. The molecule has 1 saturated carbocycles. The number of hydrogen-bond donors (Lipinski definition) is 3. The quantitative estimate of drug-likeness (QED) is 0.728. The Bertz CT molecular complexity index is 493. The molecule has 3 N–H and O–H groups in total. The predicted octanol–water partition coefficient (Wildman–Crippen LogP) is 1.61. The Morgan fingerprint density at radius 2 is 1.88 bits per heavy atom. The lowest BCUT2D eigenvalue weighted by atomic mass is 9.95. The third-order valence-corrected chi connectivity index (χ3v) is 4.45. The van der Waals surface area contributed by atoms with Gasteiger partial charge in [-0.25, -0.2) is 4.79 Å². The van der Waals surface area contributed by atoms with E-state index in [0.717, 1.165) is 25.7 Å². The molecule has 0 radical (unpaired) electrons. The lowest BCUT2D eigenvalue weighted by Gasteiger charge is -2.32. The van der Waals surface area contributed by atoms with Crippen LogP contribution in [0.3, 0.4) is 0 Å². The highest BCUT2D eigenvalue weighted by Crippen LogP contribution is 2.30. The number of ether oxygens (including phenoxy) is 1. The maximum atomic E-state index is 12.8. The van der Waals surface area contributed by atoms with Gasteiger partial charge in [-0.1, -0.05) is 12.8 Å². The molecule has 2 aliphatic rings. The van der Waals surface area contributed by atoms with E-state index in [0.29, 0.717) is 19.4 Å². The maximum Gasteiger partial charge on any atom is 0.408 e. The third kappa shape index (κ3) is 5.11. The fourth-order valence-corrected chi connectivity index (χ4v) is 3.31. The molecule has 0 aromatic heterocycles. The van der Waals surface area contributed by atoms with Crippen molar-refractivity contribution in [1.29, 1.82) is 0 Å². The molecule has 1 atom stereocenters. The van der Waals surface area contributed by atoms with Gasteiger partial charge in [-0.2, -0.15) is 0 Å². The summed E-state index contributed by atoms with van der Waals surface area (Å²) in [5.41, 5.74) is -1.54. The number of carbonyl (C=O) groups excluding carboxylic acids is 3. The summed E-state index contributed by atoms with van der Waals surface area (Å²) in [6, 6.07) is -0.182. The summed E-state index contributed by atoms with van der Waals surface area (Å²) in [5.74, 6) is -0.246.